The smallest absolute Gasteiger partial charge is 0.00413 e. The molecule has 1 atom stereocenters. The molecule has 2 fully saturated rings. The maximum atomic E-state index is 3.74. The molecule has 17 heavy (non-hydrogen) atoms. The number of hydrogen-bond acceptors (Lipinski definition) is 1. The Labute approximate surface area is 108 Å². The third-order valence-corrected chi connectivity index (χ3v) is 5.09. The zero-order valence-corrected chi connectivity index (χ0v) is 11.9. The van der Waals surface area contributed by atoms with E-state index in [2.05, 4.69) is 19.2 Å². The molecule has 0 aliphatic heterocycles. The largest absolute Gasteiger partial charge is 0.314 e. The summed E-state index contributed by atoms with van der Waals surface area (Å²) in [5.41, 5.74) is 0. The lowest BCUT2D eigenvalue weighted by molar-refractivity contribution is 0.251. The van der Waals surface area contributed by atoms with Crippen molar-refractivity contribution < 1.29 is 0 Å². The topological polar surface area (TPSA) is 12.0 Å². The van der Waals surface area contributed by atoms with Gasteiger partial charge in [0.2, 0.25) is 0 Å². The van der Waals surface area contributed by atoms with E-state index in [0.29, 0.717) is 0 Å². The van der Waals surface area contributed by atoms with Crippen LogP contribution in [0.4, 0.5) is 0 Å². The van der Waals surface area contributed by atoms with Gasteiger partial charge in [0.25, 0.3) is 0 Å². The van der Waals surface area contributed by atoms with Gasteiger partial charge in [0, 0.05) is 6.04 Å². The van der Waals surface area contributed by atoms with E-state index in [1.165, 1.54) is 64.3 Å². The monoisotopic (exact) mass is 237 g/mol. The Balaban J connectivity index is 1.50. The highest BCUT2D eigenvalue weighted by Crippen LogP contribution is 2.31. The van der Waals surface area contributed by atoms with Crippen LogP contribution in [-0.2, 0) is 0 Å². The lowest BCUT2D eigenvalue weighted by Crippen LogP contribution is -2.32. The molecule has 2 rings (SSSR count). The molecule has 0 bridgehead atoms. The van der Waals surface area contributed by atoms with Crippen LogP contribution in [0, 0.1) is 17.8 Å². The Morgan fingerprint density at radius 2 is 1.71 bits per heavy atom. The molecule has 1 unspecified atom stereocenters. The molecule has 0 amide bonds. The van der Waals surface area contributed by atoms with E-state index in [9.17, 15) is 0 Å². The number of rotatable bonds is 6. The molecule has 0 aromatic carbocycles. The van der Waals surface area contributed by atoms with Gasteiger partial charge in [-0.3, -0.25) is 0 Å². The molecule has 0 saturated heterocycles. The molecule has 100 valence electrons. The lowest BCUT2D eigenvalue weighted by atomic mass is 9.80. The Hall–Kier alpha value is -0.0400. The molecule has 0 radical (unpaired) electrons. The first kappa shape index (κ1) is 13.4. The van der Waals surface area contributed by atoms with Crippen LogP contribution < -0.4 is 5.32 Å². The Morgan fingerprint density at radius 1 is 1.00 bits per heavy atom. The van der Waals surface area contributed by atoms with Gasteiger partial charge >= 0.3 is 0 Å². The second-order valence-electron chi connectivity index (χ2n) is 6.80. The third kappa shape index (κ3) is 4.62. The maximum Gasteiger partial charge on any atom is 0.00413 e. The van der Waals surface area contributed by atoms with Crippen molar-refractivity contribution >= 4 is 0 Å². The summed E-state index contributed by atoms with van der Waals surface area (Å²) in [6.45, 7) is 6.05. The normalized spacial score (nSPS) is 32.1. The second-order valence-corrected chi connectivity index (χ2v) is 6.80. The van der Waals surface area contributed by atoms with E-state index >= 15 is 0 Å². The fraction of sp³-hybridized carbons (Fsp3) is 1.00. The molecule has 0 spiro atoms. The van der Waals surface area contributed by atoms with Gasteiger partial charge in [-0.2, -0.15) is 0 Å². The van der Waals surface area contributed by atoms with Gasteiger partial charge < -0.3 is 5.32 Å². The van der Waals surface area contributed by atoms with Crippen molar-refractivity contribution in [1.82, 2.24) is 5.32 Å². The summed E-state index contributed by atoms with van der Waals surface area (Å²) in [6.07, 6.45) is 13.2. The van der Waals surface area contributed by atoms with Crippen molar-refractivity contribution in [2.45, 2.75) is 77.7 Å². The minimum absolute atomic E-state index is 0.753. The van der Waals surface area contributed by atoms with Crippen molar-refractivity contribution in [2.75, 3.05) is 6.54 Å². The Bertz CT molecular complexity index is 202. The second kappa shape index (κ2) is 6.78. The summed E-state index contributed by atoms with van der Waals surface area (Å²) in [5, 5.41) is 3.74. The zero-order chi connectivity index (χ0) is 12.1. The highest BCUT2D eigenvalue weighted by Gasteiger charge is 2.20. The molecule has 1 nitrogen and oxygen atoms in total. The minimum atomic E-state index is 0.753. The quantitative estimate of drug-likeness (QED) is 0.723. The third-order valence-electron chi connectivity index (χ3n) is 5.09. The van der Waals surface area contributed by atoms with Crippen molar-refractivity contribution in [3.05, 3.63) is 0 Å². The van der Waals surface area contributed by atoms with Crippen molar-refractivity contribution in [3.63, 3.8) is 0 Å². The van der Waals surface area contributed by atoms with E-state index < -0.39 is 0 Å². The molecular formula is C16H31N. The van der Waals surface area contributed by atoms with Gasteiger partial charge in [0.1, 0.15) is 0 Å². The van der Waals surface area contributed by atoms with E-state index in [0.717, 1.165) is 23.8 Å². The molecule has 0 heterocycles. The predicted molar refractivity (Wildman–Crippen MR) is 75.2 cm³/mol. The van der Waals surface area contributed by atoms with Crippen LogP contribution in [-0.4, -0.2) is 12.6 Å². The van der Waals surface area contributed by atoms with Crippen LogP contribution in [0.3, 0.4) is 0 Å². The Kier molecular flexibility index (Phi) is 5.34. The average molecular weight is 237 g/mol. The molecule has 2 aliphatic carbocycles. The standard InChI is InChI=1S/C16H31N/c1-13-6-8-15(9-7-13)10-11-17-14(2)12-16-4-3-5-16/h13-17H,3-12H2,1-2H3. The van der Waals surface area contributed by atoms with Crippen LogP contribution in [0.15, 0.2) is 0 Å². The summed E-state index contributed by atoms with van der Waals surface area (Å²) in [6, 6.07) is 0.753. The minimum Gasteiger partial charge on any atom is -0.314 e. The summed E-state index contributed by atoms with van der Waals surface area (Å²) in [5.74, 6) is 3.07. The van der Waals surface area contributed by atoms with E-state index in [-0.39, 0.29) is 0 Å². The van der Waals surface area contributed by atoms with Crippen LogP contribution in [0.1, 0.15) is 71.6 Å². The molecule has 0 aromatic rings. The highest BCUT2D eigenvalue weighted by atomic mass is 14.9. The van der Waals surface area contributed by atoms with E-state index in [1.807, 2.05) is 0 Å². The highest BCUT2D eigenvalue weighted by molar-refractivity contribution is 4.76. The molecule has 0 aromatic heterocycles. The van der Waals surface area contributed by atoms with Crippen molar-refractivity contribution in [2.24, 2.45) is 17.8 Å². The summed E-state index contributed by atoms with van der Waals surface area (Å²) < 4.78 is 0. The zero-order valence-electron chi connectivity index (χ0n) is 11.9. The number of nitrogens with one attached hydrogen (secondary N) is 1. The predicted octanol–water partition coefficient (Wildman–Crippen LogP) is 4.37. The molecule has 1 N–H and O–H groups in total. The van der Waals surface area contributed by atoms with Crippen LogP contribution in [0.25, 0.3) is 0 Å². The van der Waals surface area contributed by atoms with Crippen molar-refractivity contribution in [1.29, 1.82) is 0 Å². The van der Waals surface area contributed by atoms with Crippen molar-refractivity contribution in [3.8, 4) is 0 Å². The summed E-state index contributed by atoms with van der Waals surface area (Å²) in [7, 11) is 0. The van der Waals surface area contributed by atoms with Gasteiger partial charge in [-0.15, -0.1) is 0 Å². The fourth-order valence-corrected chi connectivity index (χ4v) is 3.46. The number of hydrogen-bond donors (Lipinski definition) is 1. The van der Waals surface area contributed by atoms with Gasteiger partial charge in [0.05, 0.1) is 0 Å². The SMILES string of the molecule is CC1CCC(CCNC(C)CC2CCC2)CC1. The van der Waals surface area contributed by atoms with E-state index in [4.69, 9.17) is 0 Å². The summed E-state index contributed by atoms with van der Waals surface area (Å²) in [4.78, 5) is 0. The molecule has 2 aliphatic rings. The maximum absolute atomic E-state index is 3.74. The van der Waals surface area contributed by atoms with Gasteiger partial charge in [-0.1, -0.05) is 51.9 Å². The Morgan fingerprint density at radius 3 is 2.29 bits per heavy atom. The molecule has 2 saturated carbocycles. The average Bonchev–Trinajstić information content (AvgIpc) is 2.26. The van der Waals surface area contributed by atoms with Crippen LogP contribution >= 0.6 is 0 Å². The van der Waals surface area contributed by atoms with E-state index in [1.54, 1.807) is 0 Å². The van der Waals surface area contributed by atoms with Crippen LogP contribution in [0.5, 0.6) is 0 Å². The van der Waals surface area contributed by atoms with Gasteiger partial charge in [-0.05, 0) is 44.1 Å². The first-order valence-electron chi connectivity index (χ1n) is 7.97. The van der Waals surface area contributed by atoms with Gasteiger partial charge in [0.15, 0.2) is 0 Å². The van der Waals surface area contributed by atoms with Gasteiger partial charge in [-0.25, -0.2) is 0 Å². The summed E-state index contributed by atoms with van der Waals surface area (Å²) >= 11 is 0. The molecule has 1 heteroatoms. The first-order valence-corrected chi connectivity index (χ1v) is 7.97. The lowest BCUT2D eigenvalue weighted by Gasteiger charge is -2.29. The molecular weight excluding hydrogens is 206 g/mol. The fourth-order valence-electron chi connectivity index (χ4n) is 3.46. The van der Waals surface area contributed by atoms with Crippen LogP contribution in [0.2, 0.25) is 0 Å². The first-order chi connectivity index (χ1) is 8.24.